The molecule has 25 heavy (non-hydrogen) atoms. The minimum Gasteiger partial charge on any atom is -0.493 e. The first-order valence-electron chi connectivity index (χ1n) is 7.34. The Morgan fingerprint density at radius 3 is 2.80 bits per heavy atom. The third kappa shape index (κ3) is 4.74. The molecule has 1 aliphatic rings. The summed E-state index contributed by atoms with van der Waals surface area (Å²) >= 11 is 9.76. The number of carboxylic acid groups (broad SMARTS) is 1. The molecule has 1 fully saturated rings. The second-order valence-corrected chi connectivity index (χ2v) is 7.47. The van der Waals surface area contributed by atoms with Crippen molar-refractivity contribution in [3.05, 3.63) is 27.1 Å². The lowest BCUT2D eigenvalue weighted by Gasteiger charge is -2.13. The molecule has 6 nitrogen and oxygen atoms in total. The van der Waals surface area contributed by atoms with Gasteiger partial charge in [0.25, 0.3) is 5.91 Å². The summed E-state index contributed by atoms with van der Waals surface area (Å²) in [6, 6.07) is 3.58. The maximum absolute atomic E-state index is 12.4. The highest BCUT2D eigenvalue weighted by atomic mass is 79.9. The van der Waals surface area contributed by atoms with Crippen LogP contribution in [0.5, 0.6) is 11.5 Å². The van der Waals surface area contributed by atoms with Crippen LogP contribution < -0.4 is 9.47 Å². The molecule has 0 atom stereocenters. The summed E-state index contributed by atoms with van der Waals surface area (Å²) in [5, 5.41) is 8.77. The van der Waals surface area contributed by atoms with Gasteiger partial charge in [-0.05, 0) is 46.6 Å². The van der Waals surface area contributed by atoms with Crippen molar-refractivity contribution in [2.75, 3.05) is 20.3 Å². The summed E-state index contributed by atoms with van der Waals surface area (Å²) in [6.45, 7) is 2.44. The number of ether oxygens (including phenoxy) is 2. The van der Waals surface area contributed by atoms with E-state index in [1.165, 1.54) is 4.90 Å². The smallest absolute Gasteiger partial charge is 0.305 e. The maximum Gasteiger partial charge on any atom is 0.305 e. The molecule has 9 heteroatoms. The van der Waals surface area contributed by atoms with E-state index >= 15 is 0 Å². The van der Waals surface area contributed by atoms with Gasteiger partial charge in [-0.1, -0.05) is 24.0 Å². The SMILES string of the molecule is CCOc1c(Br)cc(C=C2SC(=S)N(CCC(=O)O)C2=O)cc1OC. The van der Waals surface area contributed by atoms with Gasteiger partial charge in [0, 0.05) is 6.54 Å². The molecule has 0 unspecified atom stereocenters. The second-order valence-electron chi connectivity index (χ2n) is 4.94. The van der Waals surface area contributed by atoms with Crippen LogP contribution >= 0.6 is 39.9 Å². The molecular formula is C16H16BrNO5S2. The number of thioether (sulfide) groups is 1. The molecule has 0 saturated carbocycles. The van der Waals surface area contributed by atoms with Crippen molar-refractivity contribution in [3.63, 3.8) is 0 Å². The zero-order valence-corrected chi connectivity index (χ0v) is 16.8. The number of carboxylic acids is 1. The Labute approximate surface area is 163 Å². The minimum absolute atomic E-state index is 0.0631. The van der Waals surface area contributed by atoms with E-state index in [0.29, 0.717) is 31.8 Å². The van der Waals surface area contributed by atoms with Crippen LogP contribution in [0.1, 0.15) is 18.9 Å². The number of hydrogen-bond donors (Lipinski definition) is 1. The molecule has 1 heterocycles. The lowest BCUT2D eigenvalue weighted by molar-refractivity contribution is -0.137. The quantitative estimate of drug-likeness (QED) is 0.507. The van der Waals surface area contributed by atoms with Gasteiger partial charge in [-0.25, -0.2) is 0 Å². The number of halogens is 1. The van der Waals surface area contributed by atoms with E-state index in [0.717, 1.165) is 17.3 Å². The Morgan fingerprint density at radius 1 is 1.48 bits per heavy atom. The van der Waals surface area contributed by atoms with Crippen LogP contribution in [0.25, 0.3) is 6.08 Å². The Balaban J connectivity index is 2.28. The average Bonchev–Trinajstić information content (AvgIpc) is 2.81. The number of thiocarbonyl (C=S) groups is 1. The topological polar surface area (TPSA) is 76.1 Å². The molecule has 2 rings (SSSR count). The Bertz CT molecular complexity index is 750. The predicted octanol–water partition coefficient (Wildman–Crippen LogP) is 3.53. The van der Waals surface area contributed by atoms with Crippen LogP contribution in [0.3, 0.4) is 0 Å². The zero-order valence-electron chi connectivity index (χ0n) is 13.6. The van der Waals surface area contributed by atoms with Gasteiger partial charge < -0.3 is 14.6 Å². The molecule has 0 bridgehead atoms. The first-order chi connectivity index (χ1) is 11.9. The molecule has 1 aliphatic heterocycles. The number of carbonyl (C=O) groups is 2. The average molecular weight is 446 g/mol. The van der Waals surface area contributed by atoms with Crippen molar-refractivity contribution in [3.8, 4) is 11.5 Å². The van der Waals surface area contributed by atoms with Crippen LogP contribution in [0.2, 0.25) is 0 Å². The first kappa shape index (κ1) is 19.7. The lowest BCUT2D eigenvalue weighted by Crippen LogP contribution is -2.30. The van der Waals surface area contributed by atoms with Gasteiger partial charge in [0.15, 0.2) is 11.5 Å². The van der Waals surface area contributed by atoms with Gasteiger partial charge >= 0.3 is 5.97 Å². The fraction of sp³-hybridized carbons (Fsp3) is 0.312. The number of amides is 1. The number of benzene rings is 1. The van der Waals surface area contributed by atoms with E-state index in [1.54, 1.807) is 19.3 Å². The number of carbonyl (C=O) groups excluding carboxylic acids is 1. The molecule has 1 aromatic rings. The monoisotopic (exact) mass is 445 g/mol. The van der Waals surface area contributed by atoms with Crippen LogP contribution in [0.15, 0.2) is 21.5 Å². The summed E-state index contributed by atoms with van der Waals surface area (Å²) in [6.07, 6.45) is 1.55. The zero-order chi connectivity index (χ0) is 18.6. The standard InChI is InChI=1S/C16H16BrNO5S2/c1-3-23-14-10(17)6-9(7-11(14)22-2)8-12-15(21)18(16(24)25-12)5-4-13(19)20/h6-8H,3-5H2,1-2H3,(H,19,20). The number of aliphatic carboxylic acids is 1. The van der Waals surface area contributed by atoms with Crippen molar-refractivity contribution < 1.29 is 24.2 Å². The van der Waals surface area contributed by atoms with E-state index in [1.807, 2.05) is 13.0 Å². The minimum atomic E-state index is -0.974. The van der Waals surface area contributed by atoms with Crippen LogP contribution in [-0.2, 0) is 9.59 Å². The molecule has 0 radical (unpaired) electrons. The highest BCUT2D eigenvalue weighted by molar-refractivity contribution is 9.10. The highest BCUT2D eigenvalue weighted by Crippen LogP contribution is 2.39. The van der Waals surface area contributed by atoms with E-state index in [9.17, 15) is 9.59 Å². The van der Waals surface area contributed by atoms with Crippen LogP contribution in [0.4, 0.5) is 0 Å². The summed E-state index contributed by atoms with van der Waals surface area (Å²) in [5.74, 6) is -0.126. The van der Waals surface area contributed by atoms with Crippen molar-refractivity contribution >= 4 is 62.2 Å². The first-order valence-corrected chi connectivity index (χ1v) is 9.36. The van der Waals surface area contributed by atoms with Crippen LogP contribution in [0, 0.1) is 0 Å². The fourth-order valence-corrected chi connectivity index (χ4v) is 4.04. The Hall–Kier alpha value is -1.58. The lowest BCUT2D eigenvalue weighted by atomic mass is 10.2. The van der Waals surface area contributed by atoms with E-state index < -0.39 is 5.97 Å². The summed E-state index contributed by atoms with van der Waals surface area (Å²) in [4.78, 5) is 24.9. The van der Waals surface area contributed by atoms with E-state index in [2.05, 4.69) is 15.9 Å². The summed E-state index contributed by atoms with van der Waals surface area (Å²) in [7, 11) is 1.54. The fourth-order valence-electron chi connectivity index (χ4n) is 2.16. The molecule has 0 spiro atoms. The van der Waals surface area contributed by atoms with Crippen molar-refractivity contribution in [1.29, 1.82) is 0 Å². The molecule has 0 aliphatic carbocycles. The number of rotatable bonds is 7. The van der Waals surface area contributed by atoms with Crippen molar-refractivity contribution in [2.24, 2.45) is 0 Å². The van der Waals surface area contributed by atoms with E-state index in [4.69, 9.17) is 26.8 Å². The third-order valence-electron chi connectivity index (χ3n) is 3.26. The number of nitrogens with zero attached hydrogens (tertiary/aromatic N) is 1. The molecule has 1 aromatic carbocycles. The molecule has 1 N–H and O–H groups in total. The second kappa shape index (κ2) is 8.68. The molecular weight excluding hydrogens is 430 g/mol. The van der Waals surface area contributed by atoms with E-state index in [-0.39, 0.29) is 18.9 Å². The van der Waals surface area contributed by atoms with Crippen molar-refractivity contribution in [2.45, 2.75) is 13.3 Å². The highest BCUT2D eigenvalue weighted by Gasteiger charge is 2.32. The predicted molar refractivity (Wildman–Crippen MR) is 104 cm³/mol. The molecule has 1 amide bonds. The molecule has 1 saturated heterocycles. The maximum atomic E-state index is 12.4. The Morgan fingerprint density at radius 2 is 2.20 bits per heavy atom. The van der Waals surface area contributed by atoms with Gasteiger partial charge in [0.1, 0.15) is 4.32 Å². The Kier molecular flexibility index (Phi) is 6.86. The number of hydrogen-bond acceptors (Lipinski definition) is 6. The van der Waals surface area contributed by atoms with Gasteiger partial charge in [-0.2, -0.15) is 0 Å². The molecule has 0 aromatic heterocycles. The molecule has 134 valence electrons. The summed E-state index contributed by atoms with van der Waals surface area (Å²) < 4.78 is 11.9. The van der Waals surface area contributed by atoms with Gasteiger partial charge in [-0.3, -0.25) is 14.5 Å². The van der Waals surface area contributed by atoms with Gasteiger partial charge in [0.2, 0.25) is 0 Å². The van der Waals surface area contributed by atoms with Crippen molar-refractivity contribution in [1.82, 2.24) is 4.90 Å². The van der Waals surface area contributed by atoms with Gasteiger partial charge in [-0.15, -0.1) is 0 Å². The van der Waals surface area contributed by atoms with Gasteiger partial charge in [0.05, 0.1) is 29.5 Å². The largest absolute Gasteiger partial charge is 0.493 e. The summed E-state index contributed by atoms with van der Waals surface area (Å²) in [5.41, 5.74) is 0.742. The van der Waals surface area contributed by atoms with Crippen LogP contribution in [-0.4, -0.2) is 46.5 Å². The normalized spacial score (nSPS) is 15.8. The third-order valence-corrected chi connectivity index (χ3v) is 5.23. The number of methoxy groups -OCH3 is 1.